The predicted molar refractivity (Wildman–Crippen MR) is 154 cm³/mol. The molecule has 34 heavy (non-hydrogen) atoms. The van der Waals surface area contributed by atoms with Crippen LogP contribution in [0.4, 0.5) is 10.1 Å². The Hall–Kier alpha value is -2.05. The Morgan fingerprint density at radius 3 is 2.41 bits per heavy atom. The highest BCUT2D eigenvalue weighted by molar-refractivity contribution is 14.2. The number of allylic oxidation sites excluding steroid dienone is 2. The van der Waals surface area contributed by atoms with E-state index in [-0.39, 0.29) is 0 Å². The van der Waals surface area contributed by atoms with E-state index in [1.165, 1.54) is 24.4 Å². The summed E-state index contributed by atoms with van der Waals surface area (Å²) in [6.45, 7) is 2.03. The number of anilines is 1. The van der Waals surface area contributed by atoms with E-state index in [1.54, 1.807) is 12.1 Å². The molecule has 1 unspecified atom stereocenters. The highest BCUT2D eigenvalue weighted by Gasteiger charge is 2.17. The van der Waals surface area contributed by atoms with E-state index in [1.807, 2.05) is 49.4 Å². The van der Waals surface area contributed by atoms with Crippen molar-refractivity contribution in [2.45, 2.75) is 13.3 Å². The van der Waals surface area contributed by atoms with Gasteiger partial charge in [0.1, 0.15) is 5.82 Å². The van der Waals surface area contributed by atoms with Crippen LogP contribution >= 0.6 is 51.6 Å². The SMILES string of the molecule is CC/C(=C(/c1ccc(/C=C/C(=O)Cl)cc1)c1ccc(NPI)c(C=N)c1)c1ccc(F)cc1Cl. The molecule has 3 rings (SSSR count). The normalized spacial score (nSPS) is 12.3. The highest BCUT2D eigenvalue weighted by atomic mass is 127. The molecule has 3 aromatic carbocycles. The first kappa shape index (κ1) is 26.6. The molecule has 0 spiro atoms. The van der Waals surface area contributed by atoms with Crippen molar-refractivity contribution >= 4 is 86.0 Å². The summed E-state index contributed by atoms with van der Waals surface area (Å²) in [6.07, 6.45) is 5.41. The van der Waals surface area contributed by atoms with Crippen LogP contribution in [0.5, 0.6) is 0 Å². The maximum Gasteiger partial charge on any atom is 0.245 e. The fourth-order valence-electron chi connectivity index (χ4n) is 3.68. The van der Waals surface area contributed by atoms with Gasteiger partial charge in [-0.15, -0.1) is 0 Å². The third-order valence-corrected chi connectivity index (χ3v) is 6.81. The molecule has 0 bridgehead atoms. The van der Waals surface area contributed by atoms with Gasteiger partial charge in [-0.25, -0.2) is 4.39 Å². The average Bonchev–Trinajstić information content (AvgIpc) is 2.83. The van der Waals surface area contributed by atoms with Crippen molar-refractivity contribution in [3.8, 4) is 0 Å². The maximum absolute atomic E-state index is 13.8. The Morgan fingerprint density at radius 1 is 1.12 bits per heavy atom. The first-order chi connectivity index (χ1) is 16.4. The molecule has 3 aromatic rings. The van der Waals surface area contributed by atoms with Crippen molar-refractivity contribution in [3.63, 3.8) is 0 Å². The first-order valence-corrected chi connectivity index (χ1v) is 15.2. The van der Waals surface area contributed by atoms with Gasteiger partial charge >= 0.3 is 0 Å². The van der Waals surface area contributed by atoms with E-state index in [9.17, 15) is 9.18 Å². The van der Waals surface area contributed by atoms with Gasteiger partial charge in [0.2, 0.25) is 5.24 Å². The zero-order valence-corrected chi connectivity index (χ0v) is 22.8. The van der Waals surface area contributed by atoms with E-state index in [4.69, 9.17) is 28.6 Å². The van der Waals surface area contributed by atoms with E-state index < -0.39 is 11.1 Å². The zero-order valence-electron chi connectivity index (χ0n) is 18.1. The quantitative estimate of drug-likeness (QED) is 0.0623. The minimum atomic E-state index is -0.538. The van der Waals surface area contributed by atoms with E-state index in [2.05, 4.69) is 27.1 Å². The molecule has 0 aliphatic heterocycles. The Balaban J connectivity index is 2.26. The summed E-state index contributed by atoms with van der Waals surface area (Å²) in [5.74, 6) is -0.392. The van der Waals surface area contributed by atoms with Crippen LogP contribution in [0, 0.1) is 11.2 Å². The lowest BCUT2D eigenvalue weighted by atomic mass is 9.87. The summed E-state index contributed by atoms with van der Waals surface area (Å²) < 4.78 is 13.8. The molecule has 2 N–H and O–H groups in total. The van der Waals surface area contributed by atoms with Crippen molar-refractivity contribution in [2.75, 3.05) is 5.09 Å². The lowest BCUT2D eigenvalue weighted by molar-refractivity contribution is -0.107. The summed E-state index contributed by atoms with van der Waals surface area (Å²) >= 11 is 14.1. The van der Waals surface area contributed by atoms with E-state index in [0.29, 0.717) is 17.8 Å². The largest absolute Gasteiger partial charge is 0.358 e. The second-order valence-corrected chi connectivity index (χ2v) is 10.1. The van der Waals surface area contributed by atoms with E-state index in [0.717, 1.165) is 44.7 Å². The minimum Gasteiger partial charge on any atom is -0.358 e. The van der Waals surface area contributed by atoms with Gasteiger partial charge in [0.05, 0.1) is 5.02 Å². The fraction of sp³-hybridized carbons (Fsp3) is 0.0769. The number of rotatable bonds is 9. The smallest absolute Gasteiger partial charge is 0.245 e. The van der Waals surface area contributed by atoms with Crippen molar-refractivity contribution in [1.82, 2.24) is 0 Å². The topological polar surface area (TPSA) is 53.0 Å². The number of hydrogen-bond acceptors (Lipinski definition) is 3. The van der Waals surface area contributed by atoms with Crippen molar-refractivity contribution in [2.24, 2.45) is 0 Å². The molecule has 0 aliphatic rings. The molecule has 174 valence electrons. The van der Waals surface area contributed by atoms with Crippen molar-refractivity contribution < 1.29 is 9.18 Å². The standard InChI is InChI=1S/C26H21Cl2FIN2OP/c1-2-21(22-10-9-20(29)14-23(22)27)26(17-6-3-16(4-7-17)5-12-25(28)33)18-8-11-24(32-34-30)19(13-18)15-31/h3-15,31-32,34H,2H2,1H3/b12-5+,26-21+,31-15?. The van der Waals surface area contributed by atoms with E-state index >= 15 is 0 Å². The minimum absolute atomic E-state index is 0.339. The summed E-state index contributed by atoms with van der Waals surface area (Å²) in [5, 5.41) is 11.0. The van der Waals surface area contributed by atoms with Crippen LogP contribution in [-0.2, 0) is 4.79 Å². The van der Waals surface area contributed by atoms with Crippen LogP contribution in [-0.4, -0.2) is 11.5 Å². The molecule has 8 heteroatoms. The molecule has 0 heterocycles. The molecule has 0 amide bonds. The molecule has 0 saturated carbocycles. The number of benzene rings is 3. The lowest BCUT2D eigenvalue weighted by Crippen LogP contribution is -1.99. The Labute approximate surface area is 223 Å². The second-order valence-electron chi connectivity index (χ2n) is 7.26. The highest BCUT2D eigenvalue weighted by Crippen LogP contribution is 2.39. The van der Waals surface area contributed by atoms with Gasteiger partial charge in [0.25, 0.3) is 0 Å². The lowest BCUT2D eigenvalue weighted by Gasteiger charge is -2.19. The summed E-state index contributed by atoms with van der Waals surface area (Å²) in [7, 11) is 0. The Kier molecular flexibility index (Phi) is 9.84. The molecule has 3 nitrogen and oxygen atoms in total. The van der Waals surface area contributed by atoms with Crippen LogP contribution < -0.4 is 5.09 Å². The molecule has 1 atom stereocenters. The Bertz CT molecular complexity index is 1280. The average molecular weight is 625 g/mol. The monoisotopic (exact) mass is 624 g/mol. The Morgan fingerprint density at radius 2 is 1.82 bits per heavy atom. The third kappa shape index (κ3) is 6.54. The van der Waals surface area contributed by atoms with Crippen LogP contribution in [0.2, 0.25) is 5.02 Å². The molecular formula is C26H21Cl2FIN2OP. The number of nitrogens with one attached hydrogen (secondary N) is 2. The zero-order chi connectivity index (χ0) is 24.7. The van der Waals surface area contributed by atoms with Crippen LogP contribution in [0.3, 0.4) is 0 Å². The second kappa shape index (κ2) is 12.6. The van der Waals surface area contributed by atoms with Gasteiger partial charge in [-0.05, 0) is 104 Å². The van der Waals surface area contributed by atoms with Gasteiger partial charge in [-0.2, -0.15) is 0 Å². The third-order valence-electron chi connectivity index (χ3n) is 5.20. The summed E-state index contributed by atoms with van der Waals surface area (Å²) in [6, 6.07) is 18.1. The predicted octanol–water partition coefficient (Wildman–Crippen LogP) is 8.98. The molecule has 0 fully saturated rings. The summed E-state index contributed by atoms with van der Waals surface area (Å²) in [5.41, 5.74) is 6.97. The van der Waals surface area contributed by atoms with Crippen molar-refractivity contribution in [1.29, 1.82) is 5.41 Å². The molecule has 0 radical (unpaired) electrons. The van der Waals surface area contributed by atoms with Gasteiger partial charge < -0.3 is 10.5 Å². The van der Waals surface area contributed by atoms with Gasteiger partial charge in [0, 0.05) is 23.8 Å². The number of carbonyl (C=O) groups is 1. The molecule has 0 aliphatic carbocycles. The molecular weight excluding hydrogens is 604 g/mol. The fourth-order valence-corrected chi connectivity index (χ4v) is 5.22. The number of hydrogen-bond donors (Lipinski definition) is 2. The van der Waals surface area contributed by atoms with Gasteiger partial charge in [-0.3, -0.25) is 4.79 Å². The van der Waals surface area contributed by atoms with Gasteiger partial charge in [0.15, 0.2) is 0 Å². The van der Waals surface area contributed by atoms with Gasteiger partial charge in [-0.1, -0.05) is 61.0 Å². The van der Waals surface area contributed by atoms with Crippen LogP contribution in [0.1, 0.15) is 41.2 Å². The first-order valence-electron chi connectivity index (χ1n) is 10.3. The molecule has 0 saturated heterocycles. The van der Waals surface area contributed by atoms with Crippen LogP contribution in [0.25, 0.3) is 17.2 Å². The molecule has 0 aromatic heterocycles. The van der Waals surface area contributed by atoms with Crippen molar-refractivity contribution in [3.05, 3.63) is 105 Å². The number of halogens is 4. The number of carbonyl (C=O) groups excluding carboxylic acids is 1. The van der Waals surface area contributed by atoms with Crippen LogP contribution in [0.15, 0.2) is 66.7 Å². The summed E-state index contributed by atoms with van der Waals surface area (Å²) in [4.78, 5) is 11.1. The maximum atomic E-state index is 13.8.